The van der Waals surface area contributed by atoms with E-state index in [4.69, 9.17) is 5.11 Å². The highest BCUT2D eigenvalue weighted by molar-refractivity contribution is 5.95. The number of hydrogen-bond acceptors (Lipinski definition) is 3. The van der Waals surface area contributed by atoms with Gasteiger partial charge in [0.2, 0.25) is 0 Å². The zero-order valence-electron chi connectivity index (χ0n) is 10.6. The normalized spacial score (nSPS) is 19.9. The largest absolute Gasteiger partial charge is 0.481 e. The fourth-order valence-corrected chi connectivity index (χ4v) is 2.34. The molecule has 1 atom stereocenters. The summed E-state index contributed by atoms with van der Waals surface area (Å²) < 4.78 is 1.60. The number of carbonyl (C=O) groups is 2. The first kappa shape index (κ1) is 12.6. The molecule has 1 aromatic heterocycles. The molecule has 0 spiro atoms. The van der Waals surface area contributed by atoms with Crippen LogP contribution in [0.4, 0.5) is 0 Å². The maximum atomic E-state index is 12.3. The number of likely N-dealkylation sites (tertiary alicyclic amines) is 1. The second kappa shape index (κ2) is 4.80. The summed E-state index contributed by atoms with van der Waals surface area (Å²) in [5.74, 6) is -1.39. The number of rotatable bonds is 2. The van der Waals surface area contributed by atoms with E-state index in [0.717, 1.165) is 6.42 Å². The van der Waals surface area contributed by atoms with E-state index in [1.165, 1.54) is 0 Å². The second-order valence-corrected chi connectivity index (χ2v) is 4.73. The monoisotopic (exact) mass is 251 g/mol. The van der Waals surface area contributed by atoms with Crippen molar-refractivity contribution < 1.29 is 14.7 Å². The number of aromatic nitrogens is 2. The summed E-state index contributed by atoms with van der Waals surface area (Å²) in [4.78, 5) is 24.9. The van der Waals surface area contributed by atoms with Crippen LogP contribution in [0.1, 0.15) is 28.9 Å². The smallest absolute Gasteiger partial charge is 0.308 e. The van der Waals surface area contributed by atoms with Crippen LogP contribution in [0.5, 0.6) is 0 Å². The van der Waals surface area contributed by atoms with Gasteiger partial charge in [0.05, 0.1) is 17.2 Å². The Morgan fingerprint density at radius 2 is 2.22 bits per heavy atom. The molecule has 98 valence electrons. The third-order valence-corrected chi connectivity index (χ3v) is 3.30. The van der Waals surface area contributed by atoms with Crippen LogP contribution in [0.25, 0.3) is 0 Å². The lowest BCUT2D eigenvalue weighted by atomic mass is 9.98. The fraction of sp³-hybridized carbons (Fsp3) is 0.583. The van der Waals surface area contributed by atoms with Gasteiger partial charge in [0, 0.05) is 26.3 Å². The molecule has 2 heterocycles. The van der Waals surface area contributed by atoms with Gasteiger partial charge < -0.3 is 10.0 Å². The molecule has 0 bridgehead atoms. The number of carboxylic acids is 1. The van der Waals surface area contributed by atoms with E-state index < -0.39 is 11.9 Å². The van der Waals surface area contributed by atoms with Gasteiger partial charge in [-0.25, -0.2) is 0 Å². The minimum absolute atomic E-state index is 0.119. The van der Waals surface area contributed by atoms with Crippen LogP contribution < -0.4 is 0 Å². The number of carboxylic acid groups (broad SMARTS) is 1. The van der Waals surface area contributed by atoms with Gasteiger partial charge in [-0.05, 0) is 19.8 Å². The molecule has 1 aliphatic rings. The van der Waals surface area contributed by atoms with Gasteiger partial charge in [-0.3, -0.25) is 14.3 Å². The molecule has 0 aromatic carbocycles. The summed E-state index contributed by atoms with van der Waals surface area (Å²) in [7, 11) is 1.76. The maximum absolute atomic E-state index is 12.3. The predicted molar refractivity (Wildman–Crippen MR) is 64.2 cm³/mol. The van der Waals surface area contributed by atoms with Gasteiger partial charge in [0.15, 0.2) is 0 Å². The van der Waals surface area contributed by atoms with Gasteiger partial charge in [-0.1, -0.05) is 0 Å². The topological polar surface area (TPSA) is 75.4 Å². The second-order valence-electron chi connectivity index (χ2n) is 4.73. The van der Waals surface area contributed by atoms with Crippen LogP contribution in [0.3, 0.4) is 0 Å². The van der Waals surface area contributed by atoms with E-state index in [1.54, 1.807) is 29.7 Å². The summed E-state index contributed by atoms with van der Waals surface area (Å²) >= 11 is 0. The molecule has 1 aromatic rings. The highest BCUT2D eigenvalue weighted by Gasteiger charge is 2.29. The first-order chi connectivity index (χ1) is 8.49. The molecular weight excluding hydrogens is 234 g/mol. The summed E-state index contributed by atoms with van der Waals surface area (Å²) in [6.45, 7) is 2.70. The van der Waals surface area contributed by atoms with E-state index in [-0.39, 0.29) is 5.91 Å². The van der Waals surface area contributed by atoms with Gasteiger partial charge in [-0.15, -0.1) is 0 Å². The molecule has 6 heteroatoms. The zero-order chi connectivity index (χ0) is 13.3. The zero-order valence-corrected chi connectivity index (χ0v) is 10.6. The summed E-state index contributed by atoms with van der Waals surface area (Å²) in [5.41, 5.74) is 1.24. The van der Waals surface area contributed by atoms with Crippen molar-refractivity contribution in [2.75, 3.05) is 13.1 Å². The van der Waals surface area contributed by atoms with Crippen molar-refractivity contribution in [3.8, 4) is 0 Å². The van der Waals surface area contributed by atoms with E-state index in [0.29, 0.717) is 30.8 Å². The van der Waals surface area contributed by atoms with E-state index in [1.807, 2.05) is 0 Å². The Morgan fingerprint density at radius 1 is 1.50 bits per heavy atom. The van der Waals surface area contributed by atoms with Crippen molar-refractivity contribution in [2.45, 2.75) is 19.8 Å². The SMILES string of the molecule is Cc1nn(C)cc1C(=O)N1CCC[C@@H](C(=O)O)C1. The van der Waals surface area contributed by atoms with Crippen molar-refractivity contribution >= 4 is 11.9 Å². The Morgan fingerprint density at radius 3 is 2.78 bits per heavy atom. The highest BCUT2D eigenvalue weighted by atomic mass is 16.4. The van der Waals surface area contributed by atoms with Crippen LogP contribution in [-0.4, -0.2) is 44.8 Å². The van der Waals surface area contributed by atoms with Gasteiger partial charge >= 0.3 is 5.97 Å². The summed E-state index contributed by atoms with van der Waals surface area (Å²) in [6, 6.07) is 0. The van der Waals surface area contributed by atoms with Crippen molar-refractivity contribution in [1.82, 2.24) is 14.7 Å². The standard InChI is InChI=1S/C12H17N3O3/c1-8-10(7-14(2)13-8)11(16)15-5-3-4-9(6-15)12(17)18/h7,9H,3-6H2,1-2H3,(H,17,18)/t9-/m1/s1. The average Bonchev–Trinajstić information content (AvgIpc) is 2.67. The molecule has 0 saturated carbocycles. The van der Waals surface area contributed by atoms with Crippen LogP contribution in [0.15, 0.2) is 6.20 Å². The minimum atomic E-state index is -0.824. The van der Waals surface area contributed by atoms with Gasteiger partial charge in [0.1, 0.15) is 0 Å². The minimum Gasteiger partial charge on any atom is -0.481 e. The fourth-order valence-electron chi connectivity index (χ4n) is 2.34. The number of aryl methyl sites for hydroxylation is 2. The number of carbonyl (C=O) groups excluding carboxylic acids is 1. The van der Waals surface area contributed by atoms with Crippen LogP contribution in [0.2, 0.25) is 0 Å². The number of nitrogens with zero attached hydrogens (tertiary/aromatic N) is 3. The first-order valence-electron chi connectivity index (χ1n) is 6.01. The summed E-state index contributed by atoms with van der Waals surface area (Å²) in [5, 5.41) is 13.1. The third kappa shape index (κ3) is 2.37. The molecule has 1 amide bonds. The average molecular weight is 251 g/mol. The third-order valence-electron chi connectivity index (χ3n) is 3.30. The van der Waals surface area contributed by atoms with E-state index in [2.05, 4.69) is 5.10 Å². The molecule has 1 aliphatic heterocycles. The summed E-state index contributed by atoms with van der Waals surface area (Å²) in [6.07, 6.45) is 3.06. The molecule has 18 heavy (non-hydrogen) atoms. The van der Waals surface area contributed by atoms with Crippen molar-refractivity contribution in [3.05, 3.63) is 17.5 Å². The molecular formula is C12H17N3O3. The Hall–Kier alpha value is -1.85. The van der Waals surface area contributed by atoms with Gasteiger partial charge in [0.25, 0.3) is 5.91 Å². The molecule has 1 N–H and O–H groups in total. The molecule has 1 saturated heterocycles. The van der Waals surface area contributed by atoms with Crippen molar-refractivity contribution in [1.29, 1.82) is 0 Å². The molecule has 1 fully saturated rings. The van der Waals surface area contributed by atoms with Gasteiger partial charge in [-0.2, -0.15) is 5.10 Å². The number of aliphatic carboxylic acids is 1. The number of hydrogen-bond donors (Lipinski definition) is 1. The molecule has 0 unspecified atom stereocenters. The molecule has 2 rings (SSSR count). The first-order valence-corrected chi connectivity index (χ1v) is 6.01. The van der Waals surface area contributed by atoms with E-state index in [9.17, 15) is 9.59 Å². The Labute approximate surface area is 105 Å². The molecule has 0 aliphatic carbocycles. The number of amides is 1. The van der Waals surface area contributed by atoms with Crippen molar-refractivity contribution in [3.63, 3.8) is 0 Å². The highest BCUT2D eigenvalue weighted by Crippen LogP contribution is 2.19. The Kier molecular flexibility index (Phi) is 3.36. The Balaban J connectivity index is 2.14. The lowest BCUT2D eigenvalue weighted by molar-refractivity contribution is -0.143. The molecule has 6 nitrogen and oxygen atoms in total. The number of piperidine rings is 1. The van der Waals surface area contributed by atoms with Crippen LogP contribution >= 0.6 is 0 Å². The lowest BCUT2D eigenvalue weighted by Gasteiger charge is -2.30. The maximum Gasteiger partial charge on any atom is 0.308 e. The van der Waals surface area contributed by atoms with Crippen molar-refractivity contribution in [2.24, 2.45) is 13.0 Å². The predicted octanol–water partition coefficient (Wildman–Crippen LogP) is 0.665. The molecule has 0 radical (unpaired) electrons. The van der Waals surface area contributed by atoms with Crippen LogP contribution in [0, 0.1) is 12.8 Å². The lowest BCUT2D eigenvalue weighted by Crippen LogP contribution is -2.42. The quantitative estimate of drug-likeness (QED) is 0.838. The van der Waals surface area contributed by atoms with E-state index >= 15 is 0 Å². The van der Waals surface area contributed by atoms with Crippen LogP contribution in [-0.2, 0) is 11.8 Å². The Bertz CT molecular complexity index is 481.